The van der Waals surface area contributed by atoms with Crippen molar-refractivity contribution in [1.82, 2.24) is 0 Å². The van der Waals surface area contributed by atoms with E-state index in [-0.39, 0.29) is 5.75 Å². The predicted molar refractivity (Wildman–Crippen MR) is 52.6 cm³/mol. The van der Waals surface area contributed by atoms with E-state index in [0.29, 0.717) is 0 Å². The minimum Gasteiger partial charge on any atom is -0.494 e. The van der Waals surface area contributed by atoms with Gasteiger partial charge in [-0.1, -0.05) is 0 Å². The first-order valence-corrected chi connectivity index (χ1v) is 4.69. The van der Waals surface area contributed by atoms with Crippen molar-refractivity contribution >= 4 is 11.6 Å². The van der Waals surface area contributed by atoms with Crippen LogP contribution in [-0.4, -0.2) is 25.1 Å². The molecule has 0 fully saturated rings. The molecule has 19 heavy (non-hydrogen) atoms. The Balaban J connectivity index is 3.01. The highest BCUT2D eigenvalue weighted by atomic mass is 19.4. The molecule has 0 atom stereocenters. The van der Waals surface area contributed by atoms with Gasteiger partial charge < -0.3 is 10.1 Å². The van der Waals surface area contributed by atoms with Crippen LogP contribution in [-0.2, 0) is 4.79 Å². The highest BCUT2D eigenvalue weighted by molar-refractivity contribution is 5.97. The average Bonchev–Trinajstić information content (AvgIpc) is 2.29. The van der Waals surface area contributed by atoms with Crippen LogP contribution in [0.5, 0.6) is 5.75 Å². The third-order valence-corrected chi connectivity index (χ3v) is 2.05. The van der Waals surface area contributed by atoms with Gasteiger partial charge in [0.15, 0.2) is 0 Å². The van der Waals surface area contributed by atoms with Crippen LogP contribution in [0.15, 0.2) is 18.2 Å². The number of amides is 1. The fourth-order valence-electron chi connectivity index (χ4n) is 1.10. The molecule has 0 unspecified atom stereocenters. The van der Waals surface area contributed by atoms with E-state index in [4.69, 9.17) is 0 Å². The number of hydrogen-bond donors (Lipinski definition) is 1. The summed E-state index contributed by atoms with van der Waals surface area (Å²) < 4.78 is 78.5. The smallest absolute Gasteiger partial charge is 0.463 e. The van der Waals surface area contributed by atoms with E-state index in [0.717, 1.165) is 25.3 Å². The highest BCUT2D eigenvalue weighted by Gasteiger charge is 2.63. The number of methoxy groups -OCH3 is 1. The van der Waals surface area contributed by atoms with Crippen molar-refractivity contribution in [3.63, 3.8) is 0 Å². The molecule has 1 rings (SSSR count). The third-order valence-electron chi connectivity index (χ3n) is 2.05. The first-order valence-electron chi connectivity index (χ1n) is 4.69. The Bertz CT molecular complexity index is 485. The summed E-state index contributed by atoms with van der Waals surface area (Å²) in [6.45, 7) is 0. The lowest BCUT2D eigenvalue weighted by atomic mass is 10.2. The Morgan fingerprint density at radius 2 is 1.79 bits per heavy atom. The number of hydrogen-bond acceptors (Lipinski definition) is 2. The van der Waals surface area contributed by atoms with Crippen LogP contribution in [0.25, 0.3) is 0 Å². The van der Waals surface area contributed by atoms with Crippen LogP contribution in [0.1, 0.15) is 0 Å². The monoisotopic (exact) mass is 287 g/mol. The summed E-state index contributed by atoms with van der Waals surface area (Å²) in [5, 5.41) is 1.33. The minimum atomic E-state index is -6.02. The third kappa shape index (κ3) is 3.09. The number of halogens is 6. The van der Waals surface area contributed by atoms with Crippen molar-refractivity contribution in [2.75, 3.05) is 12.4 Å². The van der Waals surface area contributed by atoms with Crippen molar-refractivity contribution in [3.8, 4) is 5.75 Å². The molecule has 0 saturated carbocycles. The summed E-state index contributed by atoms with van der Waals surface area (Å²) in [5.74, 6) is -9.33. The summed E-state index contributed by atoms with van der Waals surface area (Å²) in [6, 6.07) is 2.30. The highest BCUT2D eigenvalue weighted by Crippen LogP contribution is 2.37. The topological polar surface area (TPSA) is 38.3 Å². The first kappa shape index (κ1) is 15.1. The molecule has 1 N–H and O–H groups in total. The Morgan fingerprint density at radius 3 is 2.26 bits per heavy atom. The van der Waals surface area contributed by atoms with E-state index in [2.05, 4.69) is 4.74 Å². The molecule has 1 amide bonds. The van der Waals surface area contributed by atoms with E-state index in [1.165, 1.54) is 5.32 Å². The van der Waals surface area contributed by atoms with Crippen LogP contribution < -0.4 is 10.1 Å². The lowest BCUT2D eigenvalue weighted by molar-refractivity contribution is -0.267. The van der Waals surface area contributed by atoms with E-state index in [9.17, 15) is 31.1 Å². The molecule has 0 aliphatic rings. The molecule has 0 saturated heterocycles. The van der Waals surface area contributed by atoms with Gasteiger partial charge in [0.05, 0.1) is 12.8 Å². The molecule has 1 aromatic rings. The van der Waals surface area contributed by atoms with Gasteiger partial charge in [0.2, 0.25) is 0 Å². The minimum absolute atomic E-state index is 0.383. The number of ether oxygens (including phenoxy) is 1. The van der Waals surface area contributed by atoms with Gasteiger partial charge in [0.1, 0.15) is 11.6 Å². The standard InChI is InChI=1S/C10H7F6NO2/c1-19-7-4-5(11)2-3-6(7)17-8(18)9(12,13)10(14,15)16/h2-4H,1H3,(H,17,18). The molecule has 0 aliphatic heterocycles. The number of anilines is 1. The number of nitrogens with one attached hydrogen (secondary N) is 1. The normalized spacial score (nSPS) is 12.2. The van der Waals surface area contributed by atoms with Crippen molar-refractivity contribution < 1.29 is 35.9 Å². The fourth-order valence-corrected chi connectivity index (χ4v) is 1.10. The van der Waals surface area contributed by atoms with Crippen LogP contribution >= 0.6 is 0 Å². The summed E-state index contributed by atoms with van der Waals surface area (Å²) in [6.07, 6.45) is -6.02. The molecule has 1 aromatic carbocycles. The van der Waals surface area contributed by atoms with Gasteiger partial charge in [-0.15, -0.1) is 0 Å². The second kappa shape index (κ2) is 4.98. The lowest BCUT2D eigenvalue weighted by Crippen LogP contribution is -2.47. The molecule has 0 bridgehead atoms. The molecule has 0 radical (unpaired) electrons. The maximum atomic E-state index is 12.8. The quantitative estimate of drug-likeness (QED) is 0.868. The second-order valence-corrected chi connectivity index (χ2v) is 3.37. The van der Waals surface area contributed by atoms with Crippen LogP contribution in [0.4, 0.5) is 32.0 Å². The van der Waals surface area contributed by atoms with Crippen molar-refractivity contribution in [3.05, 3.63) is 24.0 Å². The van der Waals surface area contributed by atoms with Crippen molar-refractivity contribution in [1.29, 1.82) is 0 Å². The second-order valence-electron chi connectivity index (χ2n) is 3.37. The molecule has 0 spiro atoms. The van der Waals surface area contributed by atoms with E-state index in [1.54, 1.807) is 0 Å². The SMILES string of the molecule is COc1cc(F)ccc1NC(=O)C(F)(F)C(F)(F)F. The molecule has 0 heterocycles. The lowest BCUT2D eigenvalue weighted by Gasteiger charge is -2.19. The van der Waals surface area contributed by atoms with Crippen LogP contribution in [0, 0.1) is 5.82 Å². The summed E-state index contributed by atoms with van der Waals surface area (Å²) in [4.78, 5) is 10.9. The van der Waals surface area contributed by atoms with Gasteiger partial charge >= 0.3 is 18.0 Å². The van der Waals surface area contributed by atoms with Gasteiger partial charge in [0.25, 0.3) is 0 Å². The Kier molecular flexibility index (Phi) is 3.97. The van der Waals surface area contributed by atoms with E-state index in [1.807, 2.05) is 0 Å². The first-order chi connectivity index (χ1) is 8.59. The van der Waals surface area contributed by atoms with Crippen LogP contribution in [0.2, 0.25) is 0 Å². The molecule has 0 aliphatic carbocycles. The van der Waals surface area contributed by atoms with Gasteiger partial charge in [0, 0.05) is 6.07 Å². The molecule has 9 heteroatoms. The van der Waals surface area contributed by atoms with Gasteiger partial charge in [-0.3, -0.25) is 4.79 Å². The van der Waals surface area contributed by atoms with Gasteiger partial charge in [-0.25, -0.2) is 4.39 Å². The summed E-state index contributed by atoms with van der Waals surface area (Å²) in [7, 11) is 1.03. The van der Waals surface area contributed by atoms with E-state index >= 15 is 0 Å². The zero-order valence-electron chi connectivity index (χ0n) is 9.32. The van der Waals surface area contributed by atoms with Crippen molar-refractivity contribution in [2.24, 2.45) is 0 Å². The Morgan fingerprint density at radius 1 is 1.21 bits per heavy atom. The fraction of sp³-hybridized carbons (Fsp3) is 0.300. The average molecular weight is 287 g/mol. The number of rotatable bonds is 3. The molecule has 3 nitrogen and oxygen atoms in total. The maximum Gasteiger partial charge on any atom is 0.463 e. The summed E-state index contributed by atoms with van der Waals surface area (Å²) >= 11 is 0. The van der Waals surface area contributed by atoms with Gasteiger partial charge in [-0.05, 0) is 12.1 Å². The molecule has 106 valence electrons. The number of carbonyl (C=O) groups excluding carboxylic acids is 1. The van der Waals surface area contributed by atoms with E-state index < -0.39 is 29.5 Å². The van der Waals surface area contributed by atoms with Crippen LogP contribution in [0.3, 0.4) is 0 Å². The molecular formula is C10H7F6NO2. The molecular weight excluding hydrogens is 280 g/mol. The Labute approximate surface area is 103 Å². The van der Waals surface area contributed by atoms with Crippen molar-refractivity contribution in [2.45, 2.75) is 12.1 Å². The number of carbonyl (C=O) groups is 1. The Hall–Kier alpha value is -1.93. The zero-order valence-corrected chi connectivity index (χ0v) is 9.32. The maximum absolute atomic E-state index is 12.8. The largest absolute Gasteiger partial charge is 0.494 e. The molecule has 0 aromatic heterocycles. The summed E-state index contributed by atoms with van der Waals surface area (Å²) in [5.41, 5.74) is -0.502. The predicted octanol–water partition coefficient (Wildman–Crippen LogP) is 2.97. The number of alkyl halides is 5. The van der Waals surface area contributed by atoms with Gasteiger partial charge in [-0.2, -0.15) is 22.0 Å². The number of benzene rings is 1. The zero-order chi connectivity index (χ0) is 14.8.